The van der Waals surface area contributed by atoms with Crippen molar-refractivity contribution in [3.05, 3.63) is 17.0 Å². The average Bonchev–Trinajstić information content (AvgIpc) is 3.07. The van der Waals surface area contributed by atoms with Crippen LogP contribution in [-0.4, -0.2) is 53.9 Å². The van der Waals surface area contributed by atoms with Gasteiger partial charge in [0.1, 0.15) is 5.69 Å². The topological polar surface area (TPSA) is 36.8 Å². The summed E-state index contributed by atoms with van der Waals surface area (Å²) in [4.78, 5) is 4.50. The smallest absolute Gasteiger partial charge is 0.190 e. The van der Waals surface area contributed by atoms with Gasteiger partial charge in [0.25, 0.3) is 0 Å². The second-order valence-electron chi connectivity index (χ2n) is 5.70. The van der Waals surface area contributed by atoms with Crippen LogP contribution in [-0.2, 0) is 23.6 Å². The number of likely N-dealkylation sites (N-methyl/N-ethyl adjacent to an activating group) is 1. The highest BCUT2D eigenvalue weighted by atomic mass is 16.6. The first kappa shape index (κ1) is 12.1. The van der Waals surface area contributed by atoms with Crippen molar-refractivity contribution in [2.24, 2.45) is 0 Å². The summed E-state index contributed by atoms with van der Waals surface area (Å²) in [6, 6.07) is 0. The Bertz CT molecular complexity index is 462. The molecule has 1 atom stereocenters. The van der Waals surface area contributed by atoms with Crippen LogP contribution in [0.5, 0.6) is 0 Å². The van der Waals surface area contributed by atoms with Gasteiger partial charge in [0.05, 0.1) is 12.3 Å². The Labute approximate surface area is 108 Å². The highest BCUT2D eigenvalue weighted by molar-refractivity contribution is 5.32. The van der Waals surface area contributed by atoms with E-state index in [-0.39, 0.29) is 5.72 Å². The van der Waals surface area contributed by atoms with Crippen LogP contribution in [0.2, 0.25) is 0 Å². The summed E-state index contributed by atoms with van der Waals surface area (Å²) in [7, 11) is 6.29. The Kier molecular flexibility index (Phi) is 2.73. The summed E-state index contributed by atoms with van der Waals surface area (Å²) in [6.45, 7) is 6.09. The van der Waals surface area contributed by atoms with Gasteiger partial charge >= 0.3 is 0 Å². The first-order valence-electron chi connectivity index (χ1n) is 6.61. The van der Waals surface area contributed by atoms with Crippen molar-refractivity contribution in [3.8, 4) is 0 Å². The van der Waals surface area contributed by atoms with Crippen molar-refractivity contribution in [2.45, 2.75) is 32.2 Å². The molecule has 5 nitrogen and oxygen atoms in total. The minimum atomic E-state index is -0.262. The van der Waals surface area contributed by atoms with Gasteiger partial charge in [-0.2, -0.15) is 5.10 Å². The number of aromatic nitrogens is 2. The molecule has 1 aromatic rings. The van der Waals surface area contributed by atoms with E-state index >= 15 is 0 Å². The molecule has 1 aromatic heterocycles. The maximum atomic E-state index is 5.70. The van der Waals surface area contributed by atoms with Crippen molar-refractivity contribution in [1.29, 1.82) is 0 Å². The first-order valence-corrected chi connectivity index (χ1v) is 6.61. The second kappa shape index (κ2) is 4.05. The number of epoxide rings is 1. The molecule has 0 amide bonds. The molecule has 100 valence electrons. The molecular formula is C13H22N4O. The quantitative estimate of drug-likeness (QED) is 0.727. The van der Waals surface area contributed by atoms with Crippen molar-refractivity contribution < 1.29 is 4.74 Å². The lowest BCUT2D eigenvalue weighted by molar-refractivity contribution is 0.125. The third-order valence-corrected chi connectivity index (χ3v) is 4.16. The number of hydrogen-bond acceptors (Lipinski definition) is 4. The van der Waals surface area contributed by atoms with Crippen molar-refractivity contribution in [3.63, 3.8) is 0 Å². The molecule has 0 aromatic carbocycles. The third kappa shape index (κ3) is 1.69. The van der Waals surface area contributed by atoms with Crippen LogP contribution in [0.3, 0.4) is 0 Å². The van der Waals surface area contributed by atoms with Crippen LogP contribution < -0.4 is 0 Å². The lowest BCUT2D eigenvalue weighted by Gasteiger charge is -2.19. The lowest BCUT2D eigenvalue weighted by Crippen LogP contribution is -2.30. The number of fused-ring (bicyclic) bond motifs is 1. The fourth-order valence-electron chi connectivity index (χ4n) is 2.84. The second-order valence-corrected chi connectivity index (χ2v) is 5.70. The van der Waals surface area contributed by atoms with Crippen LogP contribution in [0.4, 0.5) is 0 Å². The third-order valence-electron chi connectivity index (χ3n) is 4.16. The molecule has 1 fully saturated rings. The van der Waals surface area contributed by atoms with E-state index in [0.29, 0.717) is 0 Å². The summed E-state index contributed by atoms with van der Waals surface area (Å²) in [5.41, 5.74) is 3.50. The molecule has 2 aliphatic rings. The summed E-state index contributed by atoms with van der Waals surface area (Å²) in [6.07, 6.45) is 1.17. The predicted octanol–water partition coefficient (Wildman–Crippen LogP) is 0.772. The Morgan fingerprint density at radius 2 is 2.06 bits per heavy atom. The number of hydrogen-bond donors (Lipinski definition) is 0. The van der Waals surface area contributed by atoms with Gasteiger partial charge in [-0.3, -0.25) is 9.58 Å². The van der Waals surface area contributed by atoms with Crippen LogP contribution in [0.1, 0.15) is 23.4 Å². The molecule has 2 aliphatic heterocycles. The van der Waals surface area contributed by atoms with Gasteiger partial charge in [0, 0.05) is 19.6 Å². The van der Waals surface area contributed by atoms with Gasteiger partial charge in [0.2, 0.25) is 0 Å². The fourth-order valence-corrected chi connectivity index (χ4v) is 2.84. The van der Waals surface area contributed by atoms with Crippen LogP contribution in [0.15, 0.2) is 0 Å². The van der Waals surface area contributed by atoms with Crippen molar-refractivity contribution in [1.82, 2.24) is 19.6 Å². The van der Waals surface area contributed by atoms with Crippen molar-refractivity contribution in [2.75, 3.05) is 34.3 Å². The Balaban J connectivity index is 2.02. The molecular weight excluding hydrogens is 228 g/mol. The summed E-state index contributed by atoms with van der Waals surface area (Å²) in [5, 5.41) is 4.82. The zero-order valence-corrected chi connectivity index (χ0v) is 11.7. The first-order chi connectivity index (χ1) is 8.54. The summed E-state index contributed by atoms with van der Waals surface area (Å²) >= 11 is 0. The highest BCUT2D eigenvalue weighted by Gasteiger charge is 2.52. The van der Waals surface area contributed by atoms with E-state index in [4.69, 9.17) is 9.84 Å². The Morgan fingerprint density at radius 1 is 1.33 bits per heavy atom. The Hall–Kier alpha value is -0.910. The fraction of sp³-hybridized carbons (Fsp3) is 0.769. The SMILES string of the molecule is Cc1c(C2(N(C)C)CO2)nn2c1CN(C)CCC2. The maximum absolute atomic E-state index is 5.70. The van der Waals surface area contributed by atoms with Crippen molar-refractivity contribution >= 4 is 0 Å². The molecule has 0 spiro atoms. The van der Waals surface area contributed by atoms with Crippen LogP contribution >= 0.6 is 0 Å². The number of ether oxygens (including phenoxy) is 1. The van der Waals surface area contributed by atoms with E-state index < -0.39 is 0 Å². The number of nitrogens with zero attached hydrogens (tertiary/aromatic N) is 4. The summed E-state index contributed by atoms with van der Waals surface area (Å²) in [5.74, 6) is 0. The highest BCUT2D eigenvalue weighted by Crippen LogP contribution is 2.42. The van der Waals surface area contributed by atoms with Gasteiger partial charge in [-0.1, -0.05) is 0 Å². The minimum absolute atomic E-state index is 0.262. The molecule has 18 heavy (non-hydrogen) atoms. The van der Waals surface area contributed by atoms with Gasteiger partial charge < -0.3 is 9.64 Å². The minimum Gasteiger partial charge on any atom is -0.347 e. The summed E-state index contributed by atoms with van der Waals surface area (Å²) < 4.78 is 7.88. The average molecular weight is 250 g/mol. The van der Waals surface area contributed by atoms with Gasteiger partial charge in [0.15, 0.2) is 5.72 Å². The lowest BCUT2D eigenvalue weighted by atomic mass is 10.1. The standard InChI is InChI=1S/C13H22N4O/c1-10-11-8-16(4)6-5-7-17(11)14-12(10)13(9-18-13)15(2)3/h5-9H2,1-4H3. The zero-order valence-electron chi connectivity index (χ0n) is 11.7. The van der Waals surface area contributed by atoms with Crippen LogP contribution in [0, 0.1) is 6.92 Å². The monoisotopic (exact) mass is 250 g/mol. The van der Waals surface area contributed by atoms with Gasteiger partial charge in [-0.15, -0.1) is 0 Å². The van der Waals surface area contributed by atoms with E-state index in [1.54, 1.807) is 0 Å². The predicted molar refractivity (Wildman–Crippen MR) is 69.2 cm³/mol. The largest absolute Gasteiger partial charge is 0.347 e. The van der Waals surface area contributed by atoms with E-state index in [0.717, 1.165) is 31.9 Å². The molecule has 1 saturated heterocycles. The van der Waals surface area contributed by atoms with E-state index in [1.807, 2.05) is 0 Å². The van der Waals surface area contributed by atoms with Crippen LogP contribution in [0.25, 0.3) is 0 Å². The molecule has 1 unspecified atom stereocenters. The normalized spacial score (nSPS) is 28.3. The maximum Gasteiger partial charge on any atom is 0.190 e. The molecule has 0 saturated carbocycles. The molecule has 0 N–H and O–H groups in total. The Morgan fingerprint density at radius 3 is 2.67 bits per heavy atom. The van der Waals surface area contributed by atoms with E-state index in [1.165, 1.54) is 17.7 Å². The number of aryl methyl sites for hydroxylation is 1. The molecule has 0 aliphatic carbocycles. The molecule has 0 bridgehead atoms. The van der Waals surface area contributed by atoms with Gasteiger partial charge in [-0.05, 0) is 40.1 Å². The van der Waals surface area contributed by atoms with Gasteiger partial charge in [-0.25, -0.2) is 0 Å². The van der Waals surface area contributed by atoms with E-state index in [9.17, 15) is 0 Å². The molecule has 5 heteroatoms. The zero-order chi connectivity index (χ0) is 12.9. The number of rotatable bonds is 2. The molecule has 0 radical (unpaired) electrons. The van der Waals surface area contributed by atoms with E-state index in [2.05, 4.69) is 42.5 Å². The molecule has 3 rings (SSSR count). The molecule has 3 heterocycles.